The highest BCUT2D eigenvalue weighted by molar-refractivity contribution is 7.18. The normalized spacial score (nSPS) is 20.3. The van der Waals surface area contributed by atoms with Crippen LogP contribution in [0.1, 0.15) is 30.7 Å². The number of hydrogen-bond acceptors (Lipinski definition) is 5. The average Bonchev–Trinajstić information content (AvgIpc) is 3.18. The largest absolute Gasteiger partial charge is 0.325 e. The number of benzene rings is 2. The molecule has 4 rings (SSSR count). The molecule has 1 amide bonds. The van der Waals surface area contributed by atoms with E-state index in [1.165, 1.54) is 20.7 Å². The number of piperidine rings is 1. The predicted molar refractivity (Wildman–Crippen MR) is 113 cm³/mol. The second kappa shape index (κ2) is 8.26. The number of para-hydroxylation sites is 3. The van der Waals surface area contributed by atoms with Crippen LogP contribution in [-0.2, 0) is 4.79 Å². The van der Waals surface area contributed by atoms with Crippen molar-refractivity contribution < 1.29 is 14.6 Å². The SMILES string of the molecule is C[C@H](C(=O)Nc1ccccc1[N+](=O)[O-])[NH+]1CCC(c2nc3ccccc3s2)CC1. The Hall–Kier alpha value is -2.84. The van der Waals surface area contributed by atoms with Crippen molar-refractivity contribution in [3.8, 4) is 0 Å². The molecule has 1 aliphatic heterocycles. The first-order valence-electron chi connectivity index (χ1n) is 9.77. The summed E-state index contributed by atoms with van der Waals surface area (Å²) in [6.45, 7) is 3.65. The van der Waals surface area contributed by atoms with Gasteiger partial charge in [0.25, 0.3) is 11.6 Å². The monoisotopic (exact) mass is 411 g/mol. The number of fused-ring (bicyclic) bond motifs is 1. The van der Waals surface area contributed by atoms with E-state index in [0.29, 0.717) is 5.92 Å². The zero-order valence-corrected chi connectivity index (χ0v) is 16.9. The molecule has 29 heavy (non-hydrogen) atoms. The fraction of sp³-hybridized carbons (Fsp3) is 0.333. The number of thiazole rings is 1. The molecule has 2 heterocycles. The number of anilines is 1. The van der Waals surface area contributed by atoms with Gasteiger partial charge in [0.2, 0.25) is 0 Å². The third-order valence-corrected chi connectivity index (χ3v) is 6.85. The second-order valence-electron chi connectivity index (χ2n) is 7.44. The number of nitrogens with zero attached hydrogens (tertiary/aromatic N) is 2. The Balaban J connectivity index is 1.38. The first-order valence-corrected chi connectivity index (χ1v) is 10.6. The maximum atomic E-state index is 12.7. The molecule has 1 aliphatic rings. The van der Waals surface area contributed by atoms with Crippen molar-refractivity contribution in [1.82, 2.24) is 4.98 Å². The lowest BCUT2D eigenvalue weighted by Gasteiger charge is -2.31. The maximum absolute atomic E-state index is 12.7. The van der Waals surface area contributed by atoms with Gasteiger partial charge in [-0.15, -0.1) is 11.3 Å². The Morgan fingerprint density at radius 1 is 1.21 bits per heavy atom. The summed E-state index contributed by atoms with van der Waals surface area (Å²) in [7, 11) is 0. The Labute approximate surface area is 172 Å². The van der Waals surface area contributed by atoms with Crippen LogP contribution in [-0.4, -0.2) is 34.9 Å². The number of nitro benzene ring substituents is 1. The van der Waals surface area contributed by atoms with E-state index in [4.69, 9.17) is 4.98 Å². The number of rotatable bonds is 5. The molecule has 0 aliphatic carbocycles. The summed E-state index contributed by atoms with van der Waals surface area (Å²) in [6, 6.07) is 14.2. The molecule has 7 nitrogen and oxygen atoms in total. The zero-order valence-electron chi connectivity index (χ0n) is 16.1. The van der Waals surface area contributed by atoms with E-state index in [1.807, 2.05) is 25.1 Å². The van der Waals surface area contributed by atoms with Crippen molar-refractivity contribution in [2.75, 3.05) is 18.4 Å². The summed E-state index contributed by atoms with van der Waals surface area (Å²) >= 11 is 1.76. The molecule has 0 saturated carbocycles. The van der Waals surface area contributed by atoms with E-state index in [-0.39, 0.29) is 23.3 Å². The highest BCUT2D eigenvalue weighted by atomic mass is 32.1. The Bertz CT molecular complexity index is 1010. The summed E-state index contributed by atoms with van der Waals surface area (Å²) in [6.07, 6.45) is 1.97. The molecule has 0 bridgehead atoms. The van der Waals surface area contributed by atoms with Crippen molar-refractivity contribution in [3.63, 3.8) is 0 Å². The molecule has 0 radical (unpaired) electrons. The van der Waals surface area contributed by atoms with Crippen LogP contribution < -0.4 is 10.2 Å². The number of amides is 1. The number of carbonyl (C=O) groups excluding carboxylic acids is 1. The third-order valence-electron chi connectivity index (χ3n) is 5.65. The van der Waals surface area contributed by atoms with Gasteiger partial charge in [0.05, 0.1) is 33.2 Å². The van der Waals surface area contributed by atoms with E-state index >= 15 is 0 Å². The van der Waals surface area contributed by atoms with Gasteiger partial charge in [0, 0.05) is 24.8 Å². The first-order chi connectivity index (χ1) is 14.0. The molecule has 150 valence electrons. The third kappa shape index (κ3) is 4.13. The fourth-order valence-corrected chi connectivity index (χ4v) is 5.03. The van der Waals surface area contributed by atoms with Gasteiger partial charge in [0.1, 0.15) is 5.69 Å². The van der Waals surface area contributed by atoms with Crippen molar-refractivity contribution in [2.24, 2.45) is 0 Å². The molecule has 1 fully saturated rings. The lowest BCUT2D eigenvalue weighted by atomic mass is 9.96. The first kappa shape index (κ1) is 19.5. The minimum absolute atomic E-state index is 0.0856. The molecular formula is C21H23N4O3S+. The van der Waals surface area contributed by atoms with Gasteiger partial charge in [-0.3, -0.25) is 14.9 Å². The summed E-state index contributed by atoms with van der Waals surface area (Å²) in [5, 5.41) is 15.1. The Morgan fingerprint density at radius 2 is 1.90 bits per heavy atom. The van der Waals surface area contributed by atoms with E-state index in [2.05, 4.69) is 11.4 Å². The van der Waals surface area contributed by atoms with E-state index in [0.717, 1.165) is 31.4 Å². The van der Waals surface area contributed by atoms with Crippen LogP contribution >= 0.6 is 11.3 Å². The van der Waals surface area contributed by atoms with Gasteiger partial charge < -0.3 is 10.2 Å². The number of carbonyl (C=O) groups is 1. The van der Waals surface area contributed by atoms with Crippen molar-refractivity contribution in [2.45, 2.75) is 31.7 Å². The number of nitro groups is 1. The topological polar surface area (TPSA) is 89.6 Å². The van der Waals surface area contributed by atoms with Crippen LogP contribution in [0, 0.1) is 10.1 Å². The van der Waals surface area contributed by atoms with Gasteiger partial charge in [-0.25, -0.2) is 4.98 Å². The van der Waals surface area contributed by atoms with Crippen LogP contribution in [0.15, 0.2) is 48.5 Å². The number of aromatic nitrogens is 1. The van der Waals surface area contributed by atoms with Gasteiger partial charge in [-0.1, -0.05) is 24.3 Å². The number of quaternary nitrogens is 1. The van der Waals surface area contributed by atoms with Crippen molar-refractivity contribution in [1.29, 1.82) is 0 Å². The van der Waals surface area contributed by atoms with Crippen LogP contribution in [0.3, 0.4) is 0 Å². The molecule has 0 unspecified atom stereocenters. The molecular weight excluding hydrogens is 388 g/mol. The zero-order chi connectivity index (χ0) is 20.4. The summed E-state index contributed by atoms with van der Waals surface area (Å²) in [4.78, 5) is 29.4. The maximum Gasteiger partial charge on any atom is 0.292 e. The van der Waals surface area contributed by atoms with Gasteiger partial charge >= 0.3 is 0 Å². The van der Waals surface area contributed by atoms with Crippen LogP contribution in [0.4, 0.5) is 11.4 Å². The number of likely N-dealkylation sites (tertiary alicyclic amines) is 1. The molecule has 2 N–H and O–H groups in total. The van der Waals surface area contributed by atoms with Crippen molar-refractivity contribution >= 4 is 38.8 Å². The molecule has 3 aromatic rings. The molecule has 0 spiro atoms. The Kier molecular flexibility index (Phi) is 5.55. The highest BCUT2D eigenvalue weighted by Gasteiger charge is 2.32. The minimum atomic E-state index is -0.476. The van der Waals surface area contributed by atoms with Gasteiger partial charge in [-0.05, 0) is 25.1 Å². The van der Waals surface area contributed by atoms with Gasteiger partial charge in [-0.2, -0.15) is 0 Å². The molecule has 1 aromatic heterocycles. The fourth-order valence-electron chi connectivity index (χ4n) is 3.90. The summed E-state index contributed by atoms with van der Waals surface area (Å²) < 4.78 is 1.22. The lowest BCUT2D eigenvalue weighted by Crippen LogP contribution is -3.17. The van der Waals surface area contributed by atoms with Crippen LogP contribution in [0.5, 0.6) is 0 Å². The van der Waals surface area contributed by atoms with Gasteiger partial charge in [0.15, 0.2) is 6.04 Å². The highest BCUT2D eigenvalue weighted by Crippen LogP contribution is 2.31. The van der Waals surface area contributed by atoms with Crippen LogP contribution in [0.25, 0.3) is 10.2 Å². The van der Waals surface area contributed by atoms with E-state index < -0.39 is 4.92 Å². The van der Waals surface area contributed by atoms with Crippen molar-refractivity contribution in [3.05, 3.63) is 63.7 Å². The molecule has 1 saturated heterocycles. The van der Waals surface area contributed by atoms with E-state index in [9.17, 15) is 14.9 Å². The quantitative estimate of drug-likeness (QED) is 0.499. The molecule has 1 atom stereocenters. The minimum Gasteiger partial charge on any atom is -0.325 e. The number of hydrogen-bond donors (Lipinski definition) is 2. The smallest absolute Gasteiger partial charge is 0.292 e. The summed E-state index contributed by atoms with van der Waals surface area (Å²) in [5.74, 6) is 0.245. The lowest BCUT2D eigenvalue weighted by molar-refractivity contribution is -0.919. The standard InChI is InChI=1S/C21H22N4O3S/c1-14(20(26)22-16-6-2-4-8-18(16)25(27)28)24-12-10-15(11-13-24)21-23-17-7-3-5-9-19(17)29-21/h2-9,14-15H,10-13H2,1H3,(H,22,26)/p+1/t14-/m1/s1. The summed E-state index contributed by atoms with van der Waals surface area (Å²) in [5.41, 5.74) is 1.22. The van der Waals surface area contributed by atoms with E-state index in [1.54, 1.807) is 29.5 Å². The Morgan fingerprint density at radius 3 is 2.62 bits per heavy atom. The number of nitrogens with one attached hydrogen (secondary N) is 2. The molecule has 8 heteroatoms. The molecule has 2 aromatic carbocycles. The van der Waals surface area contributed by atoms with Crippen LogP contribution in [0.2, 0.25) is 0 Å². The average molecular weight is 412 g/mol. The second-order valence-corrected chi connectivity index (χ2v) is 8.50. The predicted octanol–water partition coefficient (Wildman–Crippen LogP) is 2.99.